The fourth-order valence-corrected chi connectivity index (χ4v) is 3.89. The van der Waals surface area contributed by atoms with E-state index in [-0.39, 0.29) is 0 Å². The van der Waals surface area contributed by atoms with Crippen molar-refractivity contribution >= 4 is 0 Å². The molecule has 1 heteroatoms. The zero-order chi connectivity index (χ0) is 13.9. The largest absolute Gasteiger partial charge is 0.389 e. The molecule has 0 amide bonds. The predicted octanol–water partition coefficient (Wildman–Crippen LogP) is 4.44. The van der Waals surface area contributed by atoms with Crippen molar-refractivity contribution in [3.63, 3.8) is 0 Å². The number of hydrogen-bond donors (Lipinski definition) is 1. The highest BCUT2D eigenvalue weighted by Crippen LogP contribution is 2.41. The van der Waals surface area contributed by atoms with Crippen LogP contribution in [0.1, 0.15) is 52.0 Å². The highest BCUT2D eigenvalue weighted by Gasteiger charge is 2.39. The molecule has 0 spiro atoms. The zero-order valence-corrected chi connectivity index (χ0v) is 12.6. The van der Waals surface area contributed by atoms with Crippen molar-refractivity contribution in [2.75, 3.05) is 0 Å². The molecule has 0 aliphatic heterocycles. The van der Waals surface area contributed by atoms with Crippen LogP contribution in [0.3, 0.4) is 0 Å². The lowest BCUT2D eigenvalue weighted by Gasteiger charge is -2.42. The third-order valence-electron chi connectivity index (χ3n) is 4.90. The average Bonchev–Trinajstić information content (AvgIpc) is 2.38. The second-order valence-corrected chi connectivity index (χ2v) is 6.73. The number of benzene rings is 1. The van der Waals surface area contributed by atoms with Gasteiger partial charge in [-0.15, -0.1) is 0 Å². The Labute approximate surface area is 118 Å². The molecular formula is C18H28O. The number of hydrogen-bond acceptors (Lipinski definition) is 1. The van der Waals surface area contributed by atoms with Crippen LogP contribution in [0, 0.1) is 17.8 Å². The summed E-state index contributed by atoms with van der Waals surface area (Å²) in [6, 6.07) is 10.4. The van der Waals surface area contributed by atoms with Crippen LogP contribution in [0.2, 0.25) is 0 Å². The summed E-state index contributed by atoms with van der Waals surface area (Å²) in [5.74, 6) is 1.96. The van der Waals surface area contributed by atoms with E-state index in [1.807, 2.05) is 6.07 Å². The number of rotatable bonds is 4. The molecule has 0 aromatic heterocycles. The fourth-order valence-electron chi connectivity index (χ4n) is 3.89. The Balaban J connectivity index is 2.12. The highest BCUT2D eigenvalue weighted by molar-refractivity contribution is 5.17. The van der Waals surface area contributed by atoms with Gasteiger partial charge >= 0.3 is 0 Å². The van der Waals surface area contributed by atoms with Gasteiger partial charge in [0, 0.05) is 6.42 Å². The quantitative estimate of drug-likeness (QED) is 0.848. The predicted molar refractivity (Wildman–Crippen MR) is 81.1 cm³/mol. The van der Waals surface area contributed by atoms with Gasteiger partial charge in [-0.2, -0.15) is 0 Å². The molecule has 1 N–H and O–H groups in total. The standard InChI is InChI=1S/C18H28O/c1-4-18(19,13-16-8-6-5-7-9-16)17-11-14(2)10-15(3)12-17/h5-9,14-15,17,19H,4,10-13H2,1-3H3. The lowest BCUT2D eigenvalue weighted by atomic mass is 9.67. The summed E-state index contributed by atoms with van der Waals surface area (Å²) in [6.07, 6.45) is 5.34. The van der Waals surface area contributed by atoms with Gasteiger partial charge in [0.1, 0.15) is 0 Å². The summed E-state index contributed by atoms with van der Waals surface area (Å²) in [5, 5.41) is 11.1. The van der Waals surface area contributed by atoms with Crippen LogP contribution in [0.25, 0.3) is 0 Å². The van der Waals surface area contributed by atoms with Crippen LogP contribution in [0.4, 0.5) is 0 Å². The van der Waals surface area contributed by atoms with Crippen molar-refractivity contribution in [2.24, 2.45) is 17.8 Å². The normalized spacial score (nSPS) is 30.8. The van der Waals surface area contributed by atoms with Crippen LogP contribution in [0.15, 0.2) is 30.3 Å². The highest BCUT2D eigenvalue weighted by atomic mass is 16.3. The molecule has 1 saturated carbocycles. The molecule has 1 aromatic carbocycles. The molecule has 106 valence electrons. The summed E-state index contributed by atoms with van der Waals surface area (Å²) < 4.78 is 0. The van der Waals surface area contributed by atoms with Gasteiger partial charge in [-0.05, 0) is 49.0 Å². The Bertz CT molecular complexity index is 376. The molecule has 3 atom stereocenters. The van der Waals surface area contributed by atoms with E-state index in [1.54, 1.807) is 0 Å². The van der Waals surface area contributed by atoms with Gasteiger partial charge in [0.25, 0.3) is 0 Å². The Hall–Kier alpha value is -0.820. The first kappa shape index (κ1) is 14.6. The maximum absolute atomic E-state index is 11.1. The van der Waals surface area contributed by atoms with E-state index in [1.165, 1.54) is 24.8 Å². The first-order valence-electron chi connectivity index (χ1n) is 7.79. The molecule has 0 bridgehead atoms. The summed E-state index contributed by atoms with van der Waals surface area (Å²) >= 11 is 0. The van der Waals surface area contributed by atoms with Crippen LogP contribution < -0.4 is 0 Å². The molecule has 1 aliphatic carbocycles. The van der Waals surface area contributed by atoms with E-state index in [9.17, 15) is 5.11 Å². The smallest absolute Gasteiger partial charge is 0.0713 e. The summed E-state index contributed by atoms with van der Waals surface area (Å²) in [6.45, 7) is 6.80. The van der Waals surface area contributed by atoms with Crippen LogP contribution in [-0.4, -0.2) is 10.7 Å². The molecule has 19 heavy (non-hydrogen) atoms. The average molecular weight is 260 g/mol. The lowest BCUT2D eigenvalue weighted by molar-refractivity contribution is -0.0512. The first-order valence-corrected chi connectivity index (χ1v) is 7.79. The van der Waals surface area contributed by atoms with Crippen molar-refractivity contribution in [3.8, 4) is 0 Å². The van der Waals surface area contributed by atoms with E-state index in [4.69, 9.17) is 0 Å². The van der Waals surface area contributed by atoms with Gasteiger partial charge < -0.3 is 5.11 Å². The van der Waals surface area contributed by atoms with Gasteiger partial charge in [0.05, 0.1) is 5.60 Å². The molecular weight excluding hydrogens is 232 g/mol. The second-order valence-electron chi connectivity index (χ2n) is 6.73. The third kappa shape index (κ3) is 3.60. The minimum atomic E-state index is -0.524. The van der Waals surface area contributed by atoms with Gasteiger partial charge in [0.2, 0.25) is 0 Å². The molecule has 1 aromatic rings. The number of aliphatic hydroxyl groups is 1. The van der Waals surface area contributed by atoms with Crippen LogP contribution >= 0.6 is 0 Å². The van der Waals surface area contributed by atoms with E-state index in [0.717, 1.165) is 24.7 Å². The van der Waals surface area contributed by atoms with Gasteiger partial charge in [-0.25, -0.2) is 0 Å². The van der Waals surface area contributed by atoms with Crippen molar-refractivity contribution in [2.45, 2.75) is 58.5 Å². The zero-order valence-electron chi connectivity index (χ0n) is 12.6. The molecule has 1 aliphatic rings. The van der Waals surface area contributed by atoms with Crippen LogP contribution in [-0.2, 0) is 6.42 Å². The lowest BCUT2D eigenvalue weighted by Crippen LogP contribution is -2.43. The molecule has 2 rings (SSSR count). The fraction of sp³-hybridized carbons (Fsp3) is 0.667. The van der Waals surface area contributed by atoms with E-state index < -0.39 is 5.60 Å². The summed E-state index contributed by atoms with van der Waals surface area (Å²) in [4.78, 5) is 0. The topological polar surface area (TPSA) is 20.2 Å². The summed E-state index contributed by atoms with van der Waals surface area (Å²) in [7, 11) is 0. The molecule has 3 unspecified atom stereocenters. The van der Waals surface area contributed by atoms with Crippen LogP contribution in [0.5, 0.6) is 0 Å². The maximum atomic E-state index is 11.1. The minimum Gasteiger partial charge on any atom is -0.389 e. The van der Waals surface area contributed by atoms with Crippen molar-refractivity contribution in [1.82, 2.24) is 0 Å². The van der Waals surface area contributed by atoms with Gasteiger partial charge in [-0.3, -0.25) is 0 Å². The van der Waals surface area contributed by atoms with E-state index in [0.29, 0.717) is 5.92 Å². The monoisotopic (exact) mass is 260 g/mol. The van der Waals surface area contributed by atoms with Gasteiger partial charge in [-0.1, -0.05) is 51.1 Å². The minimum absolute atomic E-state index is 0.455. The van der Waals surface area contributed by atoms with Crippen molar-refractivity contribution in [1.29, 1.82) is 0 Å². The second kappa shape index (κ2) is 6.09. The Kier molecular flexibility index (Phi) is 4.67. The Morgan fingerprint density at radius 1 is 1.05 bits per heavy atom. The Morgan fingerprint density at radius 3 is 2.16 bits per heavy atom. The Morgan fingerprint density at radius 2 is 1.63 bits per heavy atom. The molecule has 0 radical (unpaired) electrons. The molecule has 0 saturated heterocycles. The molecule has 1 fully saturated rings. The molecule has 0 heterocycles. The third-order valence-corrected chi connectivity index (χ3v) is 4.90. The maximum Gasteiger partial charge on any atom is 0.0713 e. The van der Waals surface area contributed by atoms with E-state index in [2.05, 4.69) is 45.0 Å². The summed E-state index contributed by atoms with van der Waals surface area (Å²) in [5.41, 5.74) is 0.738. The van der Waals surface area contributed by atoms with Crippen molar-refractivity contribution in [3.05, 3.63) is 35.9 Å². The van der Waals surface area contributed by atoms with Gasteiger partial charge in [0.15, 0.2) is 0 Å². The SMILES string of the molecule is CCC(O)(Cc1ccccc1)C1CC(C)CC(C)C1. The van der Waals surface area contributed by atoms with E-state index >= 15 is 0 Å². The molecule has 1 nitrogen and oxygen atoms in total. The first-order chi connectivity index (χ1) is 9.03. The van der Waals surface area contributed by atoms with Crippen molar-refractivity contribution < 1.29 is 5.11 Å².